The van der Waals surface area contributed by atoms with Gasteiger partial charge in [0, 0.05) is 12.2 Å². The number of hydrogen-bond acceptors (Lipinski definition) is 3. The summed E-state index contributed by atoms with van der Waals surface area (Å²) in [5.41, 5.74) is 2.78. The second-order valence-corrected chi connectivity index (χ2v) is 4.16. The summed E-state index contributed by atoms with van der Waals surface area (Å²) in [4.78, 5) is 13.2. The highest BCUT2D eigenvalue weighted by Crippen LogP contribution is 2.13. The molecule has 0 aliphatic heterocycles. The van der Waals surface area contributed by atoms with Gasteiger partial charge in [-0.25, -0.2) is 0 Å². The lowest BCUT2D eigenvalue weighted by Gasteiger charge is -2.11. The van der Waals surface area contributed by atoms with Gasteiger partial charge in [0.2, 0.25) is 0 Å². The van der Waals surface area contributed by atoms with Crippen LogP contribution in [-0.2, 0) is 19.4 Å². The highest BCUT2D eigenvalue weighted by molar-refractivity contribution is 5.78. The van der Waals surface area contributed by atoms with Crippen LogP contribution in [0, 0.1) is 0 Å². The predicted octanol–water partition coefficient (Wildman–Crippen LogP) is 1.38. The summed E-state index contributed by atoms with van der Waals surface area (Å²) in [6.07, 6.45) is 2.61. The Kier molecular flexibility index (Phi) is 4.68. The lowest BCUT2D eigenvalue weighted by atomic mass is 10.1. The molecule has 0 atom stereocenters. The largest absolute Gasteiger partial charge is 0.308 e. The molecular formula is C12H21N3O. The van der Waals surface area contributed by atoms with Gasteiger partial charge in [0.15, 0.2) is 6.29 Å². The average Bonchev–Trinajstić information content (AvgIpc) is 2.62. The Balaban J connectivity index is 2.98. The van der Waals surface area contributed by atoms with E-state index < -0.39 is 0 Å². The van der Waals surface area contributed by atoms with Crippen LogP contribution in [0.25, 0.3) is 0 Å². The summed E-state index contributed by atoms with van der Waals surface area (Å²) in [6.45, 7) is 5.88. The zero-order valence-electron chi connectivity index (χ0n) is 10.7. The van der Waals surface area contributed by atoms with E-state index in [0.717, 1.165) is 49.2 Å². The molecule has 1 heterocycles. The van der Waals surface area contributed by atoms with Crippen LogP contribution in [0.2, 0.25) is 0 Å². The van der Waals surface area contributed by atoms with Crippen molar-refractivity contribution in [2.24, 2.45) is 0 Å². The fourth-order valence-electron chi connectivity index (χ4n) is 1.82. The van der Waals surface area contributed by atoms with Crippen molar-refractivity contribution in [2.75, 3.05) is 20.6 Å². The molecule has 0 amide bonds. The second-order valence-electron chi connectivity index (χ2n) is 4.16. The third-order valence-corrected chi connectivity index (χ3v) is 2.72. The molecule has 0 aliphatic carbocycles. The van der Waals surface area contributed by atoms with Crippen LogP contribution in [0.15, 0.2) is 0 Å². The van der Waals surface area contributed by atoms with Crippen molar-refractivity contribution in [3.63, 3.8) is 0 Å². The SMILES string of the molecule is CCc1nn(CCN(C)C)c(CC)c1C=O. The molecule has 0 saturated heterocycles. The molecule has 0 fully saturated rings. The van der Waals surface area contributed by atoms with Gasteiger partial charge in [-0.3, -0.25) is 9.48 Å². The van der Waals surface area contributed by atoms with Gasteiger partial charge in [-0.15, -0.1) is 0 Å². The minimum atomic E-state index is 0.795. The normalized spacial score (nSPS) is 11.1. The third-order valence-electron chi connectivity index (χ3n) is 2.72. The van der Waals surface area contributed by atoms with Crippen LogP contribution >= 0.6 is 0 Å². The molecule has 1 rings (SSSR count). The Bertz CT molecular complexity index is 355. The first-order valence-corrected chi connectivity index (χ1v) is 5.82. The molecule has 0 saturated carbocycles. The lowest BCUT2D eigenvalue weighted by molar-refractivity contribution is 0.112. The highest BCUT2D eigenvalue weighted by atomic mass is 16.1. The van der Waals surface area contributed by atoms with Crippen LogP contribution in [-0.4, -0.2) is 41.6 Å². The van der Waals surface area contributed by atoms with Gasteiger partial charge in [-0.2, -0.15) is 5.10 Å². The summed E-state index contributed by atoms with van der Waals surface area (Å²) < 4.78 is 1.97. The van der Waals surface area contributed by atoms with Gasteiger partial charge in [0.1, 0.15) is 0 Å². The van der Waals surface area contributed by atoms with Crippen molar-refractivity contribution in [2.45, 2.75) is 33.2 Å². The van der Waals surface area contributed by atoms with Crippen LogP contribution in [0.3, 0.4) is 0 Å². The number of carbonyl (C=O) groups is 1. The maximum Gasteiger partial charge on any atom is 0.153 e. The summed E-state index contributed by atoms with van der Waals surface area (Å²) in [6, 6.07) is 0. The second kappa shape index (κ2) is 5.80. The Morgan fingerprint density at radius 3 is 2.44 bits per heavy atom. The van der Waals surface area contributed by atoms with Crippen LogP contribution in [0.1, 0.15) is 35.6 Å². The van der Waals surface area contributed by atoms with Crippen molar-refractivity contribution >= 4 is 6.29 Å². The molecule has 0 unspecified atom stereocenters. The number of carbonyl (C=O) groups excluding carboxylic acids is 1. The maximum absolute atomic E-state index is 11.1. The van der Waals surface area contributed by atoms with Crippen molar-refractivity contribution < 1.29 is 4.79 Å². The van der Waals surface area contributed by atoms with Gasteiger partial charge in [-0.05, 0) is 26.9 Å². The van der Waals surface area contributed by atoms with Gasteiger partial charge in [0.05, 0.1) is 17.8 Å². The zero-order valence-corrected chi connectivity index (χ0v) is 10.7. The lowest BCUT2D eigenvalue weighted by Crippen LogP contribution is -2.20. The smallest absolute Gasteiger partial charge is 0.153 e. The van der Waals surface area contributed by atoms with Gasteiger partial charge in [-0.1, -0.05) is 13.8 Å². The van der Waals surface area contributed by atoms with E-state index in [9.17, 15) is 4.79 Å². The first kappa shape index (κ1) is 12.9. The van der Waals surface area contributed by atoms with Crippen molar-refractivity contribution in [1.29, 1.82) is 0 Å². The number of nitrogens with zero attached hydrogens (tertiary/aromatic N) is 3. The van der Waals surface area contributed by atoms with Crippen molar-refractivity contribution in [1.82, 2.24) is 14.7 Å². The topological polar surface area (TPSA) is 38.1 Å². The van der Waals surface area contributed by atoms with Crippen molar-refractivity contribution in [3.8, 4) is 0 Å². The van der Waals surface area contributed by atoms with Gasteiger partial charge >= 0.3 is 0 Å². The molecule has 0 aromatic carbocycles. The summed E-state index contributed by atoms with van der Waals surface area (Å²) in [7, 11) is 4.08. The quantitative estimate of drug-likeness (QED) is 0.684. The van der Waals surface area contributed by atoms with E-state index in [-0.39, 0.29) is 0 Å². The Hall–Kier alpha value is -1.16. The molecule has 0 N–H and O–H groups in total. The molecule has 1 aromatic heterocycles. The molecule has 4 heteroatoms. The van der Waals surface area contributed by atoms with E-state index in [4.69, 9.17) is 0 Å². The first-order valence-electron chi connectivity index (χ1n) is 5.82. The first-order chi connectivity index (χ1) is 7.63. The Morgan fingerprint density at radius 2 is 2.00 bits per heavy atom. The molecule has 0 radical (unpaired) electrons. The molecule has 16 heavy (non-hydrogen) atoms. The molecular weight excluding hydrogens is 202 g/mol. The summed E-state index contributed by atoms with van der Waals surface area (Å²) >= 11 is 0. The monoisotopic (exact) mass is 223 g/mol. The average molecular weight is 223 g/mol. The molecule has 0 spiro atoms. The van der Waals surface area contributed by atoms with E-state index in [1.807, 2.05) is 25.7 Å². The molecule has 0 aliphatic rings. The molecule has 4 nitrogen and oxygen atoms in total. The molecule has 1 aromatic rings. The molecule has 0 bridgehead atoms. The van der Waals surface area contributed by atoms with E-state index in [0.29, 0.717) is 0 Å². The number of aryl methyl sites for hydroxylation is 1. The minimum absolute atomic E-state index is 0.795. The summed E-state index contributed by atoms with van der Waals surface area (Å²) in [5, 5.41) is 4.50. The van der Waals surface area contributed by atoms with Gasteiger partial charge in [0.25, 0.3) is 0 Å². The fourth-order valence-corrected chi connectivity index (χ4v) is 1.82. The highest BCUT2D eigenvalue weighted by Gasteiger charge is 2.14. The van der Waals surface area contributed by atoms with E-state index in [1.165, 1.54) is 0 Å². The Labute approximate surface area is 97.2 Å². The standard InChI is InChI=1S/C12H21N3O/c1-5-11-10(9-16)12(6-2)15(13-11)8-7-14(3)4/h9H,5-8H2,1-4H3. The predicted molar refractivity (Wildman–Crippen MR) is 64.9 cm³/mol. The number of hydrogen-bond donors (Lipinski definition) is 0. The minimum Gasteiger partial charge on any atom is -0.308 e. The zero-order chi connectivity index (χ0) is 12.1. The number of rotatable bonds is 6. The van der Waals surface area contributed by atoms with E-state index in [1.54, 1.807) is 0 Å². The van der Waals surface area contributed by atoms with Crippen LogP contribution < -0.4 is 0 Å². The third kappa shape index (κ3) is 2.70. The number of likely N-dealkylation sites (N-methyl/N-ethyl adjacent to an activating group) is 1. The molecule has 90 valence electrons. The summed E-state index contributed by atoms with van der Waals surface area (Å²) in [5.74, 6) is 0. The fraction of sp³-hybridized carbons (Fsp3) is 0.667. The van der Waals surface area contributed by atoms with Gasteiger partial charge < -0.3 is 4.90 Å². The van der Waals surface area contributed by atoms with E-state index >= 15 is 0 Å². The van der Waals surface area contributed by atoms with Crippen molar-refractivity contribution in [3.05, 3.63) is 17.0 Å². The maximum atomic E-state index is 11.1. The number of aldehydes is 1. The Morgan fingerprint density at radius 1 is 1.31 bits per heavy atom. The van der Waals surface area contributed by atoms with Crippen LogP contribution in [0.5, 0.6) is 0 Å². The van der Waals surface area contributed by atoms with Crippen LogP contribution in [0.4, 0.5) is 0 Å². The number of aromatic nitrogens is 2. The van der Waals surface area contributed by atoms with E-state index in [2.05, 4.69) is 16.9 Å².